The van der Waals surface area contributed by atoms with Gasteiger partial charge in [-0.05, 0) is 12.1 Å². The summed E-state index contributed by atoms with van der Waals surface area (Å²) in [6.07, 6.45) is 2.75. The third kappa shape index (κ3) is 3.08. The molecular formula is C11H15NO3S. The number of ether oxygens (including phenoxy) is 1. The number of hydrogen-bond acceptors (Lipinski definition) is 4. The van der Waals surface area contributed by atoms with Gasteiger partial charge >= 0.3 is 0 Å². The van der Waals surface area contributed by atoms with Crippen LogP contribution in [-0.4, -0.2) is 21.3 Å². The fraction of sp³-hybridized carbons (Fsp3) is 0.273. The second-order valence-electron chi connectivity index (χ2n) is 3.35. The lowest BCUT2D eigenvalue weighted by atomic mass is 10.2. The van der Waals surface area contributed by atoms with E-state index in [0.29, 0.717) is 18.9 Å². The summed E-state index contributed by atoms with van der Waals surface area (Å²) in [7, 11) is -3.22. The van der Waals surface area contributed by atoms with E-state index >= 15 is 0 Å². The van der Waals surface area contributed by atoms with Crippen LogP contribution >= 0.6 is 0 Å². The van der Waals surface area contributed by atoms with Gasteiger partial charge in [0.05, 0.1) is 4.90 Å². The van der Waals surface area contributed by atoms with Gasteiger partial charge in [-0.2, -0.15) is 0 Å². The summed E-state index contributed by atoms with van der Waals surface area (Å²) in [6, 6.07) is 4.67. The first-order chi connectivity index (χ1) is 7.49. The van der Waals surface area contributed by atoms with E-state index in [1.165, 1.54) is 12.1 Å². The zero-order chi connectivity index (χ0) is 12.2. The van der Waals surface area contributed by atoms with Gasteiger partial charge in [0.25, 0.3) is 0 Å². The molecule has 0 heterocycles. The maximum absolute atomic E-state index is 11.4. The zero-order valence-electron chi connectivity index (χ0n) is 9.14. The number of nitrogens with two attached hydrogens (primary N) is 1. The molecular weight excluding hydrogens is 226 g/mol. The predicted molar refractivity (Wildman–Crippen MR) is 63.1 cm³/mol. The van der Waals surface area contributed by atoms with Crippen LogP contribution in [0.15, 0.2) is 35.7 Å². The molecule has 0 saturated carbocycles. The SMILES string of the molecule is C=CCOc1cc(S(C)(=O)=O)ccc1CN. The van der Waals surface area contributed by atoms with Crippen molar-refractivity contribution in [1.82, 2.24) is 0 Å². The molecule has 0 bridgehead atoms. The quantitative estimate of drug-likeness (QED) is 0.784. The molecule has 1 aromatic carbocycles. The Balaban J connectivity index is 3.16. The van der Waals surface area contributed by atoms with Crippen molar-refractivity contribution in [3.63, 3.8) is 0 Å². The molecule has 0 spiro atoms. The average Bonchev–Trinajstić information content (AvgIpc) is 2.24. The molecule has 0 atom stereocenters. The lowest BCUT2D eigenvalue weighted by molar-refractivity contribution is 0.358. The van der Waals surface area contributed by atoms with Gasteiger partial charge < -0.3 is 10.5 Å². The van der Waals surface area contributed by atoms with E-state index in [2.05, 4.69) is 6.58 Å². The fourth-order valence-electron chi connectivity index (χ4n) is 1.22. The van der Waals surface area contributed by atoms with Crippen LogP contribution in [0.4, 0.5) is 0 Å². The highest BCUT2D eigenvalue weighted by Crippen LogP contribution is 2.22. The highest BCUT2D eigenvalue weighted by Gasteiger charge is 2.10. The van der Waals surface area contributed by atoms with Gasteiger partial charge in [0.1, 0.15) is 12.4 Å². The highest BCUT2D eigenvalue weighted by atomic mass is 32.2. The molecule has 0 aliphatic carbocycles. The van der Waals surface area contributed by atoms with Crippen molar-refractivity contribution in [3.05, 3.63) is 36.4 Å². The number of benzene rings is 1. The van der Waals surface area contributed by atoms with Gasteiger partial charge in [0.2, 0.25) is 0 Å². The Labute approximate surface area is 95.6 Å². The Hall–Kier alpha value is -1.33. The Morgan fingerprint density at radius 2 is 2.19 bits per heavy atom. The lowest BCUT2D eigenvalue weighted by Crippen LogP contribution is -2.05. The van der Waals surface area contributed by atoms with Crippen molar-refractivity contribution in [3.8, 4) is 5.75 Å². The number of rotatable bonds is 5. The monoisotopic (exact) mass is 241 g/mol. The van der Waals surface area contributed by atoms with Gasteiger partial charge in [-0.3, -0.25) is 0 Å². The zero-order valence-corrected chi connectivity index (χ0v) is 9.96. The predicted octanol–water partition coefficient (Wildman–Crippen LogP) is 1.11. The van der Waals surface area contributed by atoms with E-state index in [-0.39, 0.29) is 4.90 Å². The first kappa shape index (κ1) is 12.7. The summed E-state index contributed by atoms with van der Waals surface area (Å²) in [6.45, 7) is 4.15. The van der Waals surface area contributed by atoms with Crippen LogP contribution in [0.1, 0.15) is 5.56 Å². The standard InChI is InChI=1S/C11H15NO3S/c1-3-6-15-11-7-10(16(2,13)14)5-4-9(11)8-12/h3-5,7H,1,6,8,12H2,2H3. The molecule has 0 amide bonds. The first-order valence-electron chi connectivity index (χ1n) is 4.75. The van der Waals surface area contributed by atoms with E-state index in [4.69, 9.17) is 10.5 Å². The van der Waals surface area contributed by atoms with Gasteiger partial charge in [-0.25, -0.2) is 8.42 Å². The maximum Gasteiger partial charge on any atom is 0.175 e. The third-order valence-corrected chi connectivity index (χ3v) is 3.15. The number of hydrogen-bond donors (Lipinski definition) is 1. The van der Waals surface area contributed by atoms with E-state index in [1.807, 2.05) is 0 Å². The largest absolute Gasteiger partial charge is 0.489 e. The molecule has 5 heteroatoms. The normalized spacial score (nSPS) is 11.1. The third-order valence-electron chi connectivity index (χ3n) is 2.04. The Morgan fingerprint density at radius 3 is 2.69 bits per heavy atom. The minimum Gasteiger partial charge on any atom is -0.489 e. The molecule has 0 aliphatic heterocycles. The van der Waals surface area contributed by atoms with E-state index < -0.39 is 9.84 Å². The summed E-state index contributed by atoms with van der Waals surface area (Å²) < 4.78 is 28.1. The van der Waals surface area contributed by atoms with Crippen LogP contribution in [0.5, 0.6) is 5.75 Å². The van der Waals surface area contributed by atoms with Crippen molar-refractivity contribution < 1.29 is 13.2 Å². The summed E-state index contributed by atoms with van der Waals surface area (Å²) >= 11 is 0. The Morgan fingerprint density at radius 1 is 1.50 bits per heavy atom. The summed E-state index contributed by atoms with van der Waals surface area (Å²) in [5.74, 6) is 0.491. The van der Waals surface area contributed by atoms with Gasteiger partial charge in [0.15, 0.2) is 9.84 Å². The van der Waals surface area contributed by atoms with Crippen LogP contribution in [-0.2, 0) is 16.4 Å². The highest BCUT2D eigenvalue weighted by molar-refractivity contribution is 7.90. The summed E-state index contributed by atoms with van der Waals surface area (Å²) in [5, 5.41) is 0. The minimum absolute atomic E-state index is 0.226. The Bertz CT molecular complexity index is 480. The van der Waals surface area contributed by atoms with Crippen molar-refractivity contribution in [2.24, 2.45) is 5.73 Å². The molecule has 1 rings (SSSR count). The first-order valence-corrected chi connectivity index (χ1v) is 6.65. The second kappa shape index (κ2) is 5.14. The topological polar surface area (TPSA) is 69.4 Å². The van der Waals surface area contributed by atoms with E-state index in [1.54, 1.807) is 12.1 Å². The second-order valence-corrected chi connectivity index (χ2v) is 5.36. The van der Waals surface area contributed by atoms with Gasteiger partial charge in [-0.1, -0.05) is 18.7 Å². The molecule has 0 aromatic heterocycles. The van der Waals surface area contributed by atoms with Gasteiger partial charge in [-0.15, -0.1) is 0 Å². The molecule has 0 fully saturated rings. The summed E-state index contributed by atoms with van der Waals surface area (Å²) in [5.41, 5.74) is 6.30. The lowest BCUT2D eigenvalue weighted by Gasteiger charge is -2.10. The molecule has 88 valence electrons. The van der Waals surface area contributed by atoms with Crippen LogP contribution in [0.2, 0.25) is 0 Å². The van der Waals surface area contributed by atoms with Crippen molar-refractivity contribution in [2.45, 2.75) is 11.4 Å². The molecule has 1 aromatic rings. The van der Waals surface area contributed by atoms with Crippen molar-refractivity contribution in [1.29, 1.82) is 0 Å². The van der Waals surface area contributed by atoms with E-state index in [9.17, 15) is 8.42 Å². The Kier molecular flexibility index (Phi) is 4.09. The minimum atomic E-state index is -3.22. The van der Waals surface area contributed by atoms with Crippen LogP contribution < -0.4 is 10.5 Å². The summed E-state index contributed by atoms with van der Waals surface area (Å²) in [4.78, 5) is 0.226. The van der Waals surface area contributed by atoms with Crippen LogP contribution in [0.25, 0.3) is 0 Å². The van der Waals surface area contributed by atoms with Crippen molar-refractivity contribution in [2.75, 3.05) is 12.9 Å². The molecule has 0 aliphatic rings. The average molecular weight is 241 g/mol. The molecule has 16 heavy (non-hydrogen) atoms. The molecule has 2 N–H and O–H groups in total. The van der Waals surface area contributed by atoms with E-state index in [0.717, 1.165) is 11.8 Å². The van der Waals surface area contributed by atoms with Gasteiger partial charge in [0, 0.05) is 18.4 Å². The fourth-order valence-corrected chi connectivity index (χ4v) is 1.85. The van der Waals surface area contributed by atoms with Crippen LogP contribution in [0.3, 0.4) is 0 Å². The molecule has 4 nitrogen and oxygen atoms in total. The van der Waals surface area contributed by atoms with Crippen molar-refractivity contribution >= 4 is 9.84 Å². The number of sulfone groups is 1. The maximum atomic E-state index is 11.4. The molecule has 0 radical (unpaired) electrons. The van der Waals surface area contributed by atoms with Crippen LogP contribution in [0, 0.1) is 0 Å². The molecule has 0 unspecified atom stereocenters. The molecule has 0 saturated heterocycles. The smallest absolute Gasteiger partial charge is 0.175 e.